The third kappa shape index (κ3) is 3.14. The highest BCUT2D eigenvalue weighted by Crippen LogP contribution is 2.50. The fourth-order valence-electron chi connectivity index (χ4n) is 3.19. The molecule has 20 heavy (non-hydrogen) atoms. The number of ether oxygens (including phenoxy) is 3. The number of hydrogen-bond donors (Lipinski definition) is 1. The molecule has 0 aromatic carbocycles. The quantitative estimate of drug-likeness (QED) is 0.772. The molecule has 0 aromatic rings. The molecule has 1 aliphatic heterocycles. The molecule has 2 rings (SSSR count). The molecule has 112 valence electrons. The molecule has 1 amide bonds. The van der Waals surface area contributed by atoms with E-state index in [2.05, 4.69) is 17.2 Å². The van der Waals surface area contributed by atoms with Crippen LogP contribution in [-0.4, -0.2) is 51.6 Å². The molecule has 1 heterocycles. The van der Waals surface area contributed by atoms with Gasteiger partial charge in [-0.2, -0.15) is 0 Å². The summed E-state index contributed by atoms with van der Waals surface area (Å²) in [6.07, 6.45) is 2.97. The summed E-state index contributed by atoms with van der Waals surface area (Å²) in [6.45, 7) is 4.48. The molecule has 0 aromatic heterocycles. The molecule has 0 bridgehead atoms. The smallest absolute Gasteiger partial charge is 0.296 e. The van der Waals surface area contributed by atoms with Crippen LogP contribution in [0.5, 0.6) is 0 Å². The van der Waals surface area contributed by atoms with Crippen LogP contribution >= 0.6 is 0 Å². The standard InChI is InChI=1S/C15H23NO4/c1-3-20-13-11-12(15(13)6-9-19-10-7-15)16-14(17)5-4-8-18-2/h12-13H,3,6-11H2,1-2H3,(H,16,17)/t12-,13-/m1/s1. The second-order valence-corrected chi connectivity index (χ2v) is 5.29. The van der Waals surface area contributed by atoms with Crippen LogP contribution in [0.2, 0.25) is 0 Å². The largest absolute Gasteiger partial charge is 0.381 e. The van der Waals surface area contributed by atoms with Gasteiger partial charge in [-0.3, -0.25) is 4.79 Å². The number of rotatable bonds is 4. The van der Waals surface area contributed by atoms with E-state index < -0.39 is 0 Å². The van der Waals surface area contributed by atoms with Crippen molar-refractivity contribution in [2.24, 2.45) is 5.41 Å². The Hall–Kier alpha value is -1.09. The van der Waals surface area contributed by atoms with Crippen LogP contribution in [0.15, 0.2) is 0 Å². The maximum absolute atomic E-state index is 11.8. The molecule has 1 N–H and O–H groups in total. The predicted molar refractivity (Wildman–Crippen MR) is 74.1 cm³/mol. The summed E-state index contributed by atoms with van der Waals surface area (Å²) in [6, 6.07) is 0.146. The molecule has 5 heteroatoms. The fraction of sp³-hybridized carbons (Fsp3) is 0.800. The first-order chi connectivity index (χ1) is 9.73. The van der Waals surface area contributed by atoms with Crippen LogP contribution in [0.1, 0.15) is 26.2 Å². The second kappa shape index (κ2) is 7.07. The molecule has 0 radical (unpaired) electrons. The molecule has 1 aliphatic carbocycles. The summed E-state index contributed by atoms with van der Waals surface area (Å²) in [7, 11) is 1.56. The molecule has 0 unspecified atom stereocenters. The van der Waals surface area contributed by atoms with Crippen molar-refractivity contribution in [3.63, 3.8) is 0 Å². The molecular formula is C15H23NO4. The Morgan fingerprint density at radius 2 is 2.20 bits per heavy atom. The van der Waals surface area contributed by atoms with Crippen molar-refractivity contribution < 1.29 is 19.0 Å². The van der Waals surface area contributed by atoms with E-state index in [4.69, 9.17) is 14.2 Å². The van der Waals surface area contributed by atoms with Crippen LogP contribution in [0.4, 0.5) is 0 Å². The Morgan fingerprint density at radius 1 is 1.45 bits per heavy atom. The molecule has 1 saturated heterocycles. The number of nitrogens with one attached hydrogen (secondary N) is 1. The van der Waals surface area contributed by atoms with Gasteiger partial charge in [0.2, 0.25) is 0 Å². The lowest BCUT2D eigenvalue weighted by atomic mass is 9.57. The predicted octanol–water partition coefficient (Wildman–Crippen LogP) is 0.727. The number of carbonyl (C=O) groups is 1. The van der Waals surface area contributed by atoms with Crippen molar-refractivity contribution in [1.29, 1.82) is 0 Å². The van der Waals surface area contributed by atoms with E-state index in [1.165, 1.54) is 0 Å². The highest BCUT2D eigenvalue weighted by atomic mass is 16.5. The van der Waals surface area contributed by atoms with Crippen LogP contribution in [0.3, 0.4) is 0 Å². The van der Waals surface area contributed by atoms with Crippen molar-refractivity contribution in [3.05, 3.63) is 0 Å². The molecule has 5 nitrogen and oxygen atoms in total. The molecule has 2 atom stereocenters. The number of methoxy groups -OCH3 is 1. The highest BCUT2D eigenvalue weighted by molar-refractivity contribution is 5.93. The van der Waals surface area contributed by atoms with Crippen molar-refractivity contribution in [2.75, 3.05) is 33.5 Å². The first-order valence-corrected chi connectivity index (χ1v) is 7.20. The average molecular weight is 281 g/mol. The zero-order chi connectivity index (χ0) is 14.4. The maximum Gasteiger partial charge on any atom is 0.296 e. The molecule has 2 aliphatic rings. The van der Waals surface area contributed by atoms with Gasteiger partial charge < -0.3 is 19.5 Å². The van der Waals surface area contributed by atoms with E-state index in [9.17, 15) is 4.79 Å². The highest BCUT2D eigenvalue weighted by Gasteiger charge is 2.56. The summed E-state index contributed by atoms with van der Waals surface area (Å²) in [5.74, 6) is 5.00. The van der Waals surface area contributed by atoms with E-state index in [0.717, 1.165) is 32.5 Å². The van der Waals surface area contributed by atoms with Crippen molar-refractivity contribution in [2.45, 2.75) is 38.3 Å². The van der Waals surface area contributed by atoms with Crippen LogP contribution in [0, 0.1) is 17.3 Å². The van der Waals surface area contributed by atoms with Crippen molar-refractivity contribution in [1.82, 2.24) is 5.32 Å². The number of amides is 1. The van der Waals surface area contributed by atoms with E-state index >= 15 is 0 Å². The van der Waals surface area contributed by atoms with Crippen LogP contribution in [0.25, 0.3) is 0 Å². The minimum absolute atomic E-state index is 0.0346. The monoisotopic (exact) mass is 281 g/mol. The Morgan fingerprint density at radius 3 is 2.85 bits per heavy atom. The lowest BCUT2D eigenvalue weighted by Crippen LogP contribution is -2.66. The van der Waals surface area contributed by atoms with Gasteiger partial charge in [-0.1, -0.05) is 5.92 Å². The minimum Gasteiger partial charge on any atom is -0.381 e. The van der Waals surface area contributed by atoms with Gasteiger partial charge in [0.1, 0.15) is 6.61 Å². The van der Waals surface area contributed by atoms with Gasteiger partial charge in [-0.25, -0.2) is 0 Å². The number of carbonyl (C=O) groups excluding carboxylic acids is 1. The van der Waals surface area contributed by atoms with Crippen LogP contribution in [-0.2, 0) is 19.0 Å². The van der Waals surface area contributed by atoms with E-state index in [0.29, 0.717) is 6.61 Å². The van der Waals surface area contributed by atoms with Gasteiger partial charge in [0.15, 0.2) is 0 Å². The molecule has 2 fully saturated rings. The first-order valence-electron chi connectivity index (χ1n) is 7.20. The Bertz CT molecular complexity index is 392. The molecular weight excluding hydrogens is 258 g/mol. The topological polar surface area (TPSA) is 56.8 Å². The van der Waals surface area contributed by atoms with Gasteiger partial charge >= 0.3 is 0 Å². The third-order valence-corrected chi connectivity index (χ3v) is 4.30. The van der Waals surface area contributed by atoms with Crippen molar-refractivity contribution in [3.8, 4) is 11.8 Å². The first kappa shape index (κ1) is 15.3. The van der Waals surface area contributed by atoms with E-state index in [1.807, 2.05) is 6.92 Å². The summed E-state index contributed by atoms with van der Waals surface area (Å²) in [5.41, 5.74) is 0.0346. The second-order valence-electron chi connectivity index (χ2n) is 5.29. The number of hydrogen-bond acceptors (Lipinski definition) is 4. The van der Waals surface area contributed by atoms with Gasteiger partial charge in [-0.05, 0) is 32.1 Å². The van der Waals surface area contributed by atoms with Gasteiger partial charge in [-0.15, -0.1) is 0 Å². The minimum atomic E-state index is -0.229. The lowest BCUT2D eigenvalue weighted by Gasteiger charge is -2.57. The Kier molecular flexibility index (Phi) is 5.41. The zero-order valence-corrected chi connectivity index (χ0v) is 12.2. The Balaban J connectivity index is 1.94. The SMILES string of the molecule is CCO[C@@H]1C[C@@H](NC(=O)C#CCOC)C12CCOCC2. The van der Waals surface area contributed by atoms with Crippen LogP contribution < -0.4 is 5.32 Å². The van der Waals surface area contributed by atoms with Crippen molar-refractivity contribution >= 4 is 5.91 Å². The summed E-state index contributed by atoms with van der Waals surface area (Å²) in [5, 5.41) is 3.02. The summed E-state index contributed by atoms with van der Waals surface area (Å²) >= 11 is 0. The van der Waals surface area contributed by atoms with E-state index in [-0.39, 0.29) is 30.1 Å². The molecule has 1 saturated carbocycles. The third-order valence-electron chi connectivity index (χ3n) is 4.30. The van der Waals surface area contributed by atoms with Gasteiger partial charge in [0, 0.05) is 38.4 Å². The average Bonchev–Trinajstić information content (AvgIpc) is 2.47. The Labute approximate surface area is 120 Å². The fourth-order valence-corrected chi connectivity index (χ4v) is 3.19. The van der Waals surface area contributed by atoms with Gasteiger partial charge in [0.05, 0.1) is 6.10 Å². The maximum atomic E-state index is 11.8. The zero-order valence-electron chi connectivity index (χ0n) is 12.2. The van der Waals surface area contributed by atoms with E-state index in [1.54, 1.807) is 7.11 Å². The van der Waals surface area contributed by atoms with Gasteiger partial charge in [0.25, 0.3) is 5.91 Å². The summed E-state index contributed by atoms with van der Waals surface area (Å²) in [4.78, 5) is 11.8. The summed E-state index contributed by atoms with van der Waals surface area (Å²) < 4.78 is 16.1. The molecule has 1 spiro atoms. The normalized spacial score (nSPS) is 27.3. The lowest BCUT2D eigenvalue weighted by molar-refractivity contribution is -0.174.